The zero-order chi connectivity index (χ0) is 7.97. The maximum Gasteiger partial charge on any atom is 0.00587 e. The Bertz CT molecular complexity index is 272. The minimum absolute atomic E-state index is 0.880. The van der Waals surface area contributed by atoms with Gasteiger partial charge in [-0.15, -0.1) is 0 Å². The lowest BCUT2D eigenvalue weighted by Crippen LogP contribution is -2.02. The van der Waals surface area contributed by atoms with E-state index in [1.54, 1.807) is 17.0 Å². The summed E-state index contributed by atoms with van der Waals surface area (Å²) in [5, 5.41) is 0. The van der Waals surface area contributed by atoms with Gasteiger partial charge in [0.2, 0.25) is 0 Å². The summed E-state index contributed by atoms with van der Waals surface area (Å²) >= 11 is 0. The van der Waals surface area contributed by atoms with Gasteiger partial charge in [-0.05, 0) is 36.3 Å². The third-order valence-corrected chi connectivity index (χ3v) is 3.31. The van der Waals surface area contributed by atoms with Crippen LogP contribution in [0.1, 0.15) is 42.7 Å². The van der Waals surface area contributed by atoms with Gasteiger partial charge in [-0.2, -0.15) is 0 Å². The van der Waals surface area contributed by atoms with Gasteiger partial charge in [0.05, 0.1) is 0 Å². The first kappa shape index (κ1) is 6.71. The van der Waals surface area contributed by atoms with E-state index < -0.39 is 0 Å². The Hall–Kier alpha value is -0.780. The Balaban J connectivity index is 2.16. The second kappa shape index (κ2) is 2.35. The molecule has 0 amide bonds. The lowest BCUT2D eigenvalue weighted by Gasteiger charge is -2.17. The molecule has 0 spiro atoms. The normalized spacial score (nSPS) is 27.2. The van der Waals surface area contributed by atoms with Crippen molar-refractivity contribution in [3.8, 4) is 0 Å². The first-order valence-electron chi connectivity index (χ1n) is 4.89. The van der Waals surface area contributed by atoms with Crippen LogP contribution >= 0.6 is 0 Å². The number of benzene rings is 1. The van der Waals surface area contributed by atoms with Gasteiger partial charge in [-0.1, -0.05) is 30.7 Å². The van der Waals surface area contributed by atoms with E-state index in [2.05, 4.69) is 24.3 Å². The lowest BCUT2D eigenvalue weighted by molar-refractivity contribution is 0.520. The van der Waals surface area contributed by atoms with Crippen LogP contribution in [0.25, 0.3) is 0 Å². The Kier molecular flexibility index (Phi) is 1.31. The van der Waals surface area contributed by atoms with Crippen molar-refractivity contribution in [1.29, 1.82) is 0 Å². The number of rotatable bonds is 0. The number of hydrogen-bond donors (Lipinski definition) is 0. The fraction of sp³-hybridized carbons (Fsp3) is 0.417. The van der Waals surface area contributed by atoms with Crippen LogP contribution in [0.3, 0.4) is 0 Å². The van der Waals surface area contributed by atoms with Crippen molar-refractivity contribution >= 4 is 0 Å². The summed E-state index contributed by atoms with van der Waals surface area (Å²) in [6.45, 7) is 0. The first-order valence-corrected chi connectivity index (χ1v) is 4.89. The molecule has 1 atom stereocenters. The fourth-order valence-corrected chi connectivity index (χ4v) is 2.75. The molecule has 1 unspecified atom stereocenters. The molecule has 0 nitrogen and oxygen atoms in total. The van der Waals surface area contributed by atoms with Crippen LogP contribution < -0.4 is 0 Å². The monoisotopic (exact) mass is 157 g/mol. The Morgan fingerprint density at radius 3 is 3.08 bits per heavy atom. The molecular formula is C12H13. The highest BCUT2D eigenvalue weighted by Crippen LogP contribution is 2.49. The molecule has 1 fully saturated rings. The molecule has 2 aliphatic rings. The van der Waals surface area contributed by atoms with Gasteiger partial charge in [0, 0.05) is 5.92 Å². The highest BCUT2D eigenvalue weighted by atomic mass is 14.4. The van der Waals surface area contributed by atoms with E-state index in [1.807, 2.05) is 0 Å². The topological polar surface area (TPSA) is 0 Å². The maximum absolute atomic E-state index is 2.32. The quantitative estimate of drug-likeness (QED) is 0.542. The molecule has 0 aromatic heterocycles. The van der Waals surface area contributed by atoms with Crippen molar-refractivity contribution in [3.05, 3.63) is 41.3 Å². The molecule has 0 heterocycles. The molecule has 1 saturated carbocycles. The maximum atomic E-state index is 2.32. The van der Waals surface area contributed by atoms with E-state index in [4.69, 9.17) is 0 Å². The van der Waals surface area contributed by atoms with E-state index in [0.717, 1.165) is 5.92 Å². The minimum Gasteiger partial charge on any atom is -0.0620 e. The van der Waals surface area contributed by atoms with Crippen molar-refractivity contribution in [1.82, 2.24) is 0 Å². The Labute approximate surface area is 73.6 Å². The van der Waals surface area contributed by atoms with Crippen LogP contribution in [-0.4, -0.2) is 0 Å². The van der Waals surface area contributed by atoms with E-state index >= 15 is 0 Å². The Morgan fingerprint density at radius 1 is 1.17 bits per heavy atom. The highest BCUT2D eigenvalue weighted by Gasteiger charge is 2.33. The van der Waals surface area contributed by atoms with E-state index in [9.17, 15) is 0 Å². The molecule has 0 saturated heterocycles. The second-order valence-corrected chi connectivity index (χ2v) is 3.98. The summed E-state index contributed by atoms with van der Waals surface area (Å²) in [6, 6.07) is 8.97. The summed E-state index contributed by atoms with van der Waals surface area (Å²) in [5.41, 5.74) is 3.21. The SMILES string of the molecule is c1ccc2c(c1)[C]1CCCC2C1. The molecular weight excluding hydrogens is 144 g/mol. The van der Waals surface area contributed by atoms with Crippen molar-refractivity contribution in [2.24, 2.45) is 0 Å². The van der Waals surface area contributed by atoms with Crippen LogP contribution in [-0.2, 0) is 0 Å². The van der Waals surface area contributed by atoms with Gasteiger partial charge in [0.15, 0.2) is 0 Å². The number of fused-ring (bicyclic) bond motifs is 5. The molecule has 1 aromatic carbocycles. The van der Waals surface area contributed by atoms with Gasteiger partial charge in [0.25, 0.3) is 0 Å². The van der Waals surface area contributed by atoms with Crippen molar-refractivity contribution in [2.75, 3.05) is 0 Å². The van der Waals surface area contributed by atoms with Crippen molar-refractivity contribution in [2.45, 2.75) is 31.6 Å². The zero-order valence-electron chi connectivity index (χ0n) is 7.22. The third-order valence-electron chi connectivity index (χ3n) is 3.31. The first-order chi connectivity index (χ1) is 5.95. The van der Waals surface area contributed by atoms with Gasteiger partial charge in [-0.3, -0.25) is 0 Å². The zero-order valence-corrected chi connectivity index (χ0v) is 7.22. The van der Waals surface area contributed by atoms with Gasteiger partial charge < -0.3 is 0 Å². The largest absolute Gasteiger partial charge is 0.0620 e. The molecule has 12 heavy (non-hydrogen) atoms. The Morgan fingerprint density at radius 2 is 2.08 bits per heavy atom. The predicted molar refractivity (Wildman–Crippen MR) is 50.0 cm³/mol. The summed E-state index contributed by atoms with van der Waals surface area (Å²) in [7, 11) is 0. The average molecular weight is 157 g/mol. The molecule has 2 aliphatic carbocycles. The van der Waals surface area contributed by atoms with Gasteiger partial charge in [0.1, 0.15) is 0 Å². The van der Waals surface area contributed by atoms with Gasteiger partial charge >= 0.3 is 0 Å². The minimum atomic E-state index is 0.880. The van der Waals surface area contributed by atoms with Crippen LogP contribution in [0.4, 0.5) is 0 Å². The molecule has 1 radical (unpaired) electrons. The highest BCUT2D eigenvalue weighted by molar-refractivity contribution is 5.47. The average Bonchev–Trinajstić information content (AvgIpc) is 2.41. The van der Waals surface area contributed by atoms with E-state index in [1.165, 1.54) is 25.7 Å². The van der Waals surface area contributed by atoms with Crippen LogP contribution in [0.2, 0.25) is 0 Å². The summed E-state index contributed by atoms with van der Waals surface area (Å²) in [5.74, 6) is 2.60. The summed E-state index contributed by atoms with van der Waals surface area (Å²) in [4.78, 5) is 0. The van der Waals surface area contributed by atoms with Crippen molar-refractivity contribution in [3.63, 3.8) is 0 Å². The molecule has 0 N–H and O–H groups in total. The predicted octanol–water partition coefficient (Wildman–Crippen LogP) is 3.28. The molecule has 0 heteroatoms. The second-order valence-electron chi connectivity index (χ2n) is 3.98. The molecule has 0 aliphatic heterocycles. The molecule has 61 valence electrons. The molecule has 2 bridgehead atoms. The third kappa shape index (κ3) is 0.782. The summed E-state index contributed by atoms with van der Waals surface area (Å²) in [6.07, 6.45) is 5.54. The van der Waals surface area contributed by atoms with E-state index in [0.29, 0.717) is 0 Å². The standard InChI is InChI=1S/C12H13/c1-2-7-12-10-5-3-4-9(8-10)11(12)6-1/h1-2,6-7,9H,3-5,8H2. The van der Waals surface area contributed by atoms with Crippen molar-refractivity contribution < 1.29 is 0 Å². The van der Waals surface area contributed by atoms with Crippen LogP contribution in [0.15, 0.2) is 24.3 Å². The molecule has 1 aromatic rings. The van der Waals surface area contributed by atoms with Gasteiger partial charge in [-0.25, -0.2) is 0 Å². The fourth-order valence-electron chi connectivity index (χ4n) is 2.75. The smallest absolute Gasteiger partial charge is 0.00587 e. The van der Waals surface area contributed by atoms with Crippen LogP contribution in [0, 0.1) is 5.92 Å². The van der Waals surface area contributed by atoms with E-state index in [-0.39, 0.29) is 0 Å². The summed E-state index contributed by atoms with van der Waals surface area (Å²) < 4.78 is 0. The lowest BCUT2D eigenvalue weighted by atomic mass is 9.87. The number of hydrogen-bond acceptors (Lipinski definition) is 0. The van der Waals surface area contributed by atoms with Crippen LogP contribution in [0.5, 0.6) is 0 Å². The molecule has 3 rings (SSSR count).